The van der Waals surface area contributed by atoms with Crippen LogP contribution in [0.3, 0.4) is 0 Å². The maximum absolute atomic E-state index is 6.77. The molecule has 12 rings (SSSR count). The number of hydrogen-bond acceptors (Lipinski definition) is 5. The zero-order valence-corrected chi connectivity index (χ0v) is 31.9. The summed E-state index contributed by atoms with van der Waals surface area (Å²) >= 11 is 0. The number of furan rings is 1. The number of aromatic nitrogens is 4. The molecule has 1 aliphatic rings. The van der Waals surface area contributed by atoms with Gasteiger partial charge in [0.15, 0.2) is 5.58 Å². The lowest BCUT2D eigenvalue weighted by Crippen LogP contribution is -2.01. The summed E-state index contributed by atoms with van der Waals surface area (Å²) in [5.74, 6) is 0.153. The molecule has 0 saturated heterocycles. The summed E-state index contributed by atoms with van der Waals surface area (Å²) < 4.78 is 6.77. The van der Waals surface area contributed by atoms with Gasteiger partial charge in [0.05, 0.1) is 28.3 Å². The Hall–Kier alpha value is -7.76. The second kappa shape index (κ2) is 13.4. The molecule has 0 spiro atoms. The normalized spacial score (nSPS) is 14.2. The van der Waals surface area contributed by atoms with E-state index in [1.165, 1.54) is 37.9 Å². The number of rotatable bonds is 5. The fourth-order valence-corrected chi connectivity index (χ4v) is 9.08. The second-order valence-corrected chi connectivity index (χ2v) is 15.3. The molecule has 5 aromatic heterocycles. The van der Waals surface area contributed by atoms with Gasteiger partial charge in [-0.3, -0.25) is 9.97 Å². The van der Waals surface area contributed by atoms with Crippen molar-refractivity contribution in [2.24, 2.45) is 0 Å². The predicted molar refractivity (Wildman–Crippen MR) is 242 cm³/mol. The van der Waals surface area contributed by atoms with E-state index >= 15 is 0 Å². The maximum Gasteiger partial charge on any atom is 0.162 e. The van der Waals surface area contributed by atoms with E-state index in [0.717, 1.165) is 84.4 Å². The molecule has 276 valence electrons. The highest BCUT2D eigenvalue weighted by Crippen LogP contribution is 2.43. The van der Waals surface area contributed by atoms with Gasteiger partial charge >= 0.3 is 0 Å². The van der Waals surface area contributed by atoms with Gasteiger partial charge in [-0.25, -0.2) is 9.97 Å². The smallest absolute Gasteiger partial charge is 0.162 e. The van der Waals surface area contributed by atoms with Crippen molar-refractivity contribution in [2.45, 2.75) is 12.3 Å². The third kappa shape index (κ3) is 5.54. The molecule has 0 bridgehead atoms. The first-order chi connectivity index (χ1) is 29.2. The van der Waals surface area contributed by atoms with Crippen LogP contribution in [0, 0.1) is 0 Å². The molecule has 0 fully saturated rings. The molecule has 5 heterocycles. The van der Waals surface area contributed by atoms with Gasteiger partial charge in [0.2, 0.25) is 0 Å². The molecule has 5 nitrogen and oxygen atoms in total. The molecule has 11 aromatic rings. The first-order valence-electron chi connectivity index (χ1n) is 20.1. The summed E-state index contributed by atoms with van der Waals surface area (Å²) in [4.78, 5) is 19.7. The molecule has 5 heteroatoms. The van der Waals surface area contributed by atoms with Crippen molar-refractivity contribution >= 4 is 70.7 Å². The highest BCUT2D eigenvalue weighted by molar-refractivity contribution is 6.26. The molecule has 0 N–H and O–H groups in total. The van der Waals surface area contributed by atoms with Gasteiger partial charge in [-0.05, 0) is 116 Å². The third-order valence-electron chi connectivity index (χ3n) is 11.9. The Balaban J connectivity index is 1.01. The van der Waals surface area contributed by atoms with Gasteiger partial charge in [0.1, 0.15) is 11.3 Å². The molecule has 6 aromatic carbocycles. The Morgan fingerprint density at radius 1 is 0.475 bits per heavy atom. The van der Waals surface area contributed by atoms with Gasteiger partial charge < -0.3 is 4.42 Å². The van der Waals surface area contributed by atoms with Crippen molar-refractivity contribution < 1.29 is 4.42 Å². The molecule has 1 atom stereocenters. The Morgan fingerprint density at radius 3 is 1.78 bits per heavy atom. The fourth-order valence-electron chi connectivity index (χ4n) is 9.08. The van der Waals surface area contributed by atoms with E-state index in [9.17, 15) is 0 Å². The Bertz CT molecular complexity index is 3440. The van der Waals surface area contributed by atoms with E-state index in [-0.39, 0.29) is 5.92 Å². The Morgan fingerprint density at radius 2 is 1.10 bits per heavy atom. The van der Waals surface area contributed by atoms with E-state index in [4.69, 9.17) is 14.4 Å². The van der Waals surface area contributed by atoms with Crippen LogP contribution >= 0.6 is 0 Å². The average Bonchev–Trinajstić information content (AvgIpc) is 3.72. The summed E-state index contributed by atoms with van der Waals surface area (Å²) in [7, 11) is 0. The minimum Gasteiger partial charge on any atom is -0.454 e. The van der Waals surface area contributed by atoms with Gasteiger partial charge in [-0.2, -0.15) is 0 Å². The van der Waals surface area contributed by atoms with Crippen LogP contribution in [0.5, 0.6) is 0 Å². The first kappa shape index (κ1) is 33.4. The van der Waals surface area contributed by atoms with Crippen molar-refractivity contribution in [1.82, 2.24) is 19.9 Å². The van der Waals surface area contributed by atoms with Gasteiger partial charge in [0, 0.05) is 40.0 Å². The van der Waals surface area contributed by atoms with Crippen molar-refractivity contribution in [3.05, 3.63) is 199 Å². The van der Waals surface area contributed by atoms with E-state index < -0.39 is 0 Å². The van der Waals surface area contributed by atoms with Crippen molar-refractivity contribution in [1.29, 1.82) is 0 Å². The van der Waals surface area contributed by atoms with Crippen LogP contribution in [-0.2, 0) is 0 Å². The summed E-state index contributed by atoms with van der Waals surface area (Å²) in [5, 5.41) is 10.7. The number of benzene rings is 6. The molecule has 59 heavy (non-hydrogen) atoms. The van der Waals surface area contributed by atoms with Crippen molar-refractivity contribution in [2.75, 3.05) is 0 Å². The van der Waals surface area contributed by atoms with Gasteiger partial charge in [0.25, 0.3) is 0 Å². The number of hydrogen-bond donors (Lipinski definition) is 0. The number of fused-ring (bicyclic) bond motifs is 11. The largest absolute Gasteiger partial charge is 0.454 e. The SMILES string of the molecule is C1=CC(c2cc(-c3ccccn3)nc(-c3ccccn3)c2)=CC(c2ccc3nc(-c4ccc5c6ccccc6c6ccccc6c5c4)c4oc5ccccc5c4c3c2)C1. The lowest BCUT2D eigenvalue weighted by atomic mass is 9.86. The van der Waals surface area contributed by atoms with Crippen LogP contribution in [0.4, 0.5) is 0 Å². The summed E-state index contributed by atoms with van der Waals surface area (Å²) in [6.07, 6.45) is 11.4. The lowest BCUT2D eigenvalue weighted by Gasteiger charge is -2.19. The Labute approximate surface area is 339 Å². The maximum atomic E-state index is 6.77. The standard InChI is InChI=1S/C54H34N4O/c1-2-16-40-38(14-1)39-15-3-4-17-41(39)44-30-36(22-24-42(40)44)53-54-52(43-18-5-6-21-51(43)59-54)45-29-35(23-25-46(45)58-53)33-12-11-13-34(28-33)37-31-49(47-19-7-9-26-55-47)57-50(32-37)48-20-8-10-27-56-48/h1-11,13-33H,12H2. The second-order valence-electron chi connectivity index (χ2n) is 15.3. The zero-order chi connectivity index (χ0) is 38.9. The molecular formula is C54H34N4O. The van der Waals surface area contributed by atoms with Crippen LogP contribution in [0.1, 0.15) is 23.5 Å². The molecule has 1 unspecified atom stereocenters. The minimum atomic E-state index is 0.153. The quantitative estimate of drug-likeness (QED) is 0.164. The summed E-state index contributed by atoms with van der Waals surface area (Å²) in [6, 6.07) is 55.4. The molecule has 0 radical (unpaired) electrons. The van der Waals surface area contributed by atoms with Crippen molar-refractivity contribution in [3.63, 3.8) is 0 Å². The van der Waals surface area contributed by atoms with E-state index in [0.29, 0.717) is 0 Å². The number of allylic oxidation sites excluding steroid dienone is 4. The van der Waals surface area contributed by atoms with E-state index in [1.807, 2.05) is 54.9 Å². The van der Waals surface area contributed by atoms with Crippen LogP contribution in [0.2, 0.25) is 0 Å². The number of para-hydroxylation sites is 1. The topological polar surface area (TPSA) is 64.7 Å². The Kier molecular flexibility index (Phi) is 7.60. The lowest BCUT2D eigenvalue weighted by molar-refractivity contribution is 0.669. The van der Waals surface area contributed by atoms with E-state index in [2.05, 4.69) is 143 Å². The molecule has 1 aliphatic carbocycles. The third-order valence-corrected chi connectivity index (χ3v) is 11.9. The highest BCUT2D eigenvalue weighted by atomic mass is 16.3. The summed E-state index contributed by atoms with van der Waals surface area (Å²) in [5.41, 5.74) is 11.2. The molecule has 0 aliphatic heterocycles. The van der Waals surface area contributed by atoms with Crippen LogP contribution in [-0.4, -0.2) is 19.9 Å². The molecular weight excluding hydrogens is 721 g/mol. The van der Waals surface area contributed by atoms with Gasteiger partial charge in [-0.15, -0.1) is 0 Å². The first-order valence-corrected chi connectivity index (χ1v) is 20.1. The monoisotopic (exact) mass is 754 g/mol. The minimum absolute atomic E-state index is 0.153. The van der Waals surface area contributed by atoms with Crippen LogP contribution in [0.25, 0.3) is 105 Å². The van der Waals surface area contributed by atoms with Crippen molar-refractivity contribution in [3.8, 4) is 34.0 Å². The van der Waals surface area contributed by atoms with Gasteiger partial charge in [-0.1, -0.05) is 115 Å². The average molecular weight is 755 g/mol. The molecule has 0 saturated carbocycles. The van der Waals surface area contributed by atoms with E-state index in [1.54, 1.807) is 0 Å². The number of nitrogens with zero attached hydrogens (tertiary/aromatic N) is 4. The summed E-state index contributed by atoms with van der Waals surface area (Å²) in [6.45, 7) is 0. The number of pyridine rings is 4. The van der Waals surface area contributed by atoms with Crippen LogP contribution in [0.15, 0.2) is 193 Å². The molecule has 0 amide bonds. The highest BCUT2D eigenvalue weighted by Gasteiger charge is 2.22. The van der Waals surface area contributed by atoms with Crippen LogP contribution < -0.4 is 0 Å². The predicted octanol–water partition coefficient (Wildman–Crippen LogP) is 13.9. The fraction of sp³-hybridized carbons (Fsp3) is 0.0370. The zero-order valence-electron chi connectivity index (χ0n) is 31.9.